The molecule has 6 aromatic carbocycles. The molecule has 1 atom stereocenters. The third-order valence-corrected chi connectivity index (χ3v) is 21.5. The minimum atomic E-state index is -4.67. The van der Waals surface area contributed by atoms with Crippen molar-refractivity contribution in [1.29, 1.82) is 0 Å². The zero-order chi connectivity index (χ0) is 47.6. The summed E-state index contributed by atoms with van der Waals surface area (Å²) in [5.74, 6) is -0.0352. The van der Waals surface area contributed by atoms with Crippen LogP contribution >= 0.6 is 0 Å². The Bertz CT molecular complexity index is 2910. The molecule has 0 bridgehead atoms. The van der Waals surface area contributed by atoms with Crippen LogP contribution in [-0.4, -0.2) is 3.21 Å². The molecular formula is C59H58Cl2F6Zr. The Kier molecular flexibility index (Phi) is 15.8. The summed E-state index contributed by atoms with van der Waals surface area (Å²) >= 11 is -4.10. The topological polar surface area (TPSA) is 0 Å². The third kappa shape index (κ3) is 10.4. The number of unbranched alkanes of at least 4 members (excludes halogenated alkanes) is 1. The molecule has 9 heteroatoms. The number of alkyl halides is 6. The zero-order valence-corrected chi connectivity index (χ0v) is 44.4. The van der Waals surface area contributed by atoms with E-state index in [2.05, 4.69) is 136 Å². The average Bonchev–Trinajstić information content (AvgIpc) is 3.83. The van der Waals surface area contributed by atoms with Crippen molar-refractivity contribution in [1.82, 2.24) is 0 Å². The molecule has 0 N–H and O–H groups in total. The molecular weight excluding hydrogens is 985 g/mol. The Morgan fingerprint density at radius 1 is 0.603 bits per heavy atom. The fraction of sp³-hybridized carbons (Fsp3) is 0.305. The monoisotopic (exact) mass is 1040 g/mol. The zero-order valence-electron chi connectivity index (χ0n) is 40.4. The summed E-state index contributed by atoms with van der Waals surface area (Å²) in [6, 6.07) is 30.6. The Morgan fingerprint density at radius 2 is 1.10 bits per heavy atom. The first-order valence-electron chi connectivity index (χ1n) is 23.0. The van der Waals surface area contributed by atoms with Gasteiger partial charge in [-0.2, -0.15) is 0 Å². The second kappa shape index (κ2) is 20.2. The van der Waals surface area contributed by atoms with Crippen LogP contribution in [0.5, 0.6) is 0 Å². The summed E-state index contributed by atoms with van der Waals surface area (Å²) in [6.07, 6.45) is -1.36. The minimum absolute atomic E-state index is 0. The predicted molar refractivity (Wildman–Crippen MR) is 258 cm³/mol. The molecule has 2 aliphatic carbocycles. The van der Waals surface area contributed by atoms with Crippen molar-refractivity contribution in [2.45, 2.75) is 107 Å². The molecule has 0 spiro atoms. The number of hydrogen-bond donors (Lipinski definition) is 0. The number of fused-ring (bicyclic) bond motifs is 3. The molecule has 0 aliphatic heterocycles. The van der Waals surface area contributed by atoms with Crippen molar-refractivity contribution >= 4 is 6.48 Å². The van der Waals surface area contributed by atoms with Crippen LogP contribution in [-0.2, 0) is 40.0 Å². The van der Waals surface area contributed by atoms with Crippen molar-refractivity contribution in [2.75, 3.05) is 0 Å². The van der Waals surface area contributed by atoms with Crippen LogP contribution < -0.4 is 28.1 Å². The van der Waals surface area contributed by atoms with Gasteiger partial charge in [-0.25, -0.2) is 0 Å². The summed E-state index contributed by atoms with van der Waals surface area (Å²) in [5.41, 5.74) is 15.7. The molecule has 0 amide bonds. The fourth-order valence-electron chi connectivity index (χ4n) is 10.8. The van der Waals surface area contributed by atoms with Crippen LogP contribution in [0, 0.1) is 52.9 Å². The first kappa shape index (κ1) is 53.1. The van der Waals surface area contributed by atoms with Gasteiger partial charge in [0.25, 0.3) is 0 Å². The van der Waals surface area contributed by atoms with E-state index in [1.807, 2.05) is 0 Å². The van der Waals surface area contributed by atoms with E-state index in [-0.39, 0.29) is 36.1 Å². The molecule has 0 radical (unpaired) electrons. The van der Waals surface area contributed by atoms with E-state index in [4.69, 9.17) is 0 Å². The maximum absolute atomic E-state index is 14.9. The van der Waals surface area contributed by atoms with Crippen LogP contribution in [0.2, 0.25) is 0 Å². The standard InChI is InChI=1S/C31H29.C15H8F6.C13H21.2ClH.Zr/c1-18-11-20(3)30(21(4)12-18)24-7-9-28-26(15-24)17-27-16-25(8-10-29(27)28)31-22(5)13-19(2)14-23(31)6;16-14(17,18)12-5-1-3-10(8-12)7-11-4-2-6-13(9-11)15(19,20)21;1-5-6-7-11-8-9-12(10-11)13(2,3)4;;;/h7-15H,17H2,1-6H3;1-6,8-9H;9-11H,5-7H2,1-4H3;2*1H;/q;;;;;+2/p-2. The van der Waals surface area contributed by atoms with Crippen molar-refractivity contribution in [3.05, 3.63) is 191 Å². The van der Waals surface area contributed by atoms with Gasteiger partial charge in [0.15, 0.2) is 0 Å². The Labute approximate surface area is 419 Å². The maximum Gasteiger partial charge on any atom is -1.00 e. The summed E-state index contributed by atoms with van der Waals surface area (Å²) < 4.78 is 92.1. The molecule has 6 aromatic rings. The SMILES string of the molecule is CCCCC1C=C(C(C)(C)C)C=[C]1[Zr+2](=[C](c1cccc(C(F)(F)F)c1)c1cccc(C(F)(F)F)c1)[c]1c(-c2c(C)cc(C)cc2C)ccc2c1Cc1cc(-c3c(C)cc(C)cc3C)ccc1-2.[Cl-].[Cl-]. The van der Waals surface area contributed by atoms with Crippen molar-refractivity contribution in [3.8, 4) is 33.4 Å². The number of benzene rings is 6. The van der Waals surface area contributed by atoms with Crippen molar-refractivity contribution < 1.29 is 72.4 Å². The second-order valence-electron chi connectivity index (χ2n) is 19.7. The quantitative estimate of drug-likeness (QED) is 0.126. The van der Waals surface area contributed by atoms with Gasteiger partial charge in [-0.1, -0.05) is 0 Å². The van der Waals surface area contributed by atoms with E-state index >= 15 is 0 Å². The van der Waals surface area contributed by atoms with E-state index in [1.165, 1.54) is 49.8 Å². The van der Waals surface area contributed by atoms with Crippen LogP contribution in [0.25, 0.3) is 33.4 Å². The largest absolute Gasteiger partial charge is 1.00 e. The molecule has 8 rings (SSSR count). The van der Waals surface area contributed by atoms with Gasteiger partial charge in [0, 0.05) is 0 Å². The maximum atomic E-state index is 14.9. The first-order valence-corrected chi connectivity index (χ1v) is 26.7. The molecule has 68 heavy (non-hydrogen) atoms. The van der Waals surface area contributed by atoms with E-state index < -0.39 is 44.7 Å². The number of rotatable bonds is 9. The molecule has 0 saturated carbocycles. The summed E-state index contributed by atoms with van der Waals surface area (Å²) in [7, 11) is 0. The normalized spacial score (nSPS) is 14.2. The summed E-state index contributed by atoms with van der Waals surface area (Å²) in [6.45, 7) is 21.4. The predicted octanol–water partition coefficient (Wildman–Crippen LogP) is 10.7. The Morgan fingerprint density at radius 3 is 1.60 bits per heavy atom. The van der Waals surface area contributed by atoms with Gasteiger partial charge in [-0.15, -0.1) is 0 Å². The van der Waals surface area contributed by atoms with E-state index in [1.54, 1.807) is 12.1 Å². The number of aryl methyl sites for hydroxylation is 6. The van der Waals surface area contributed by atoms with Crippen LogP contribution in [0.3, 0.4) is 0 Å². The third-order valence-electron chi connectivity index (χ3n) is 13.6. The average molecular weight is 1040 g/mol. The molecule has 2 aliphatic rings. The smallest absolute Gasteiger partial charge is 1.00 e. The van der Waals surface area contributed by atoms with E-state index in [0.29, 0.717) is 20.8 Å². The molecule has 1 unspecified atom stereocenters. The fourth-order valence-corrected chi connectivity index (χ4v) is 19.6. The molecule has 0 heterocycles. The van der Waals surface area contributed by atoms with Crippen LogP contribution in [0.4, 0.5) is 26.3 Å². The van der Waals surface area contributed by atoms with Gasteiger partial charge in [-0.3, -0.25) is 0 Å². The van der Waals surface area contributed by atoms with E-state index in [9.17, 15) is 26.3 Å². The van der Waals surface area contributed by atoms with Gasteiger partial charge in [-0.05, 0) is 0 Å². The van der Waals surface area contributed by atoms with Crippen LogP contribution in [0.1, 0.15) is 114 Å². The number of allylic oxidation sites excluding steroid dienone is 4. The Balaban J connectivity index is 0.00000381. The minimum Gasteiger partial charge on any atom is -1.00 e. The van der Waals surface area contributed by atoms with E-state index in [0.717, 1.165) is 95.9 Å². The molecule has 0 fully saturated rings. The summed E-state index contributed by atoms with van der Waals surface area (Å²) in [5, 5.41) is 0. The molecule has 354 valence electrons. The number of halogens is 8. The molecule has 0 nitrogen and oxygen atoms in total. The van der Waals surface area contributed by atoms with Gasteiger partial charge in [0.05, 0.1) is 0 Å². The first-order chi connectivity index (χ1) is 31.0. The summed E-state index contributed by atoms with van der Waals surface area (Å²) in [4.78, 5) is 0. The van der Waals surface area contributed by atoms with Crippen LogP contribution in [0.15, 0.2) is 124 Å². The molecule has 0 saturated heterocycles. The second-order valence-corrected chi connectivity index (χ2v) is 25.5. The van der Waals surface area contributed by atoms with Gasteiger partial charge >= 0.3 is 397 Å². The van der Waals surface area contributed by atoms with Gasteiger partial charge in [0.1, 0.15) is 0 Å². The Hall–Kier alpha value is -4.29. The van der Waals surface area contributed by atoms with Crippen molar-refractivity contribution in [3.63, 3.8) is 0 Å². The molecule has 0 aromatic heterocycles. The van der Waals surface area contributed by atoms with Gasteiger partial charge < -0.3 is 24.8 Å². The van der Waals surface area contributed by atoms with Gasteiger partial charge in [0.2, 0.25) is 0 Å². The van der Waals surface area contributed by atoms with Crippen molar-refractivity contribution in [2.24, 2.45) is 11.3 Å². The number of hydrogen-bond acceptors (Lipinski definition) is 0.